The zero-order valence-corrected chi connectivity index (χ0v) is 15.7. The number of pyridine rings is 1. The summed E-state index contributed by atoms with van der Waals surface area (Å²) in [4.78, 5) is 6.78. The standard InChI is InChI=1S/C22H22ClN3/c1-15(16-6-9-24-10-7-16)14-26-19-5-4-17(23)13-18(19)22-20-3-2-11-25(20)12-8-21(22)26/h4-7,9-10,13-14,20H,2-3,8,11-12H2,1H3/b15-14+. The Morgan fingerprint density at radius 2 is 2.04 bits per heavy atom. The molecule has 1 atom stereocenters. The molecule has 4 heterocycles. The van der Waals surface area contributed by atoms with Crippen molar-refractivity contribution in [2.75, 3.05) is 13.1 Å². The molecular weight excluding hydrogens is 342 g/mol. The number of hydrogen-bond acceptors (Lipinski definition) is 2. The van der Waals surface area contributed by atoms with Crippen LogP contribution in [-0.4, -0.2) is 27.5 Å². The Balaban J connectivity index is 1.74. The number of hydrogen-bond donors (Lipinski definition) is 0. The highest BCUT2D eigenvalue weighted by Crippen LogP contribution is 2.43. The normalized spacial score (nSPS) is 20.4. The summed E-state index contributed by atoms with van der Waals surface area (Å²) in [5.41, 5.74) is 6.68. The summed E-state index contributed by atoms with van der Waals surface area (Å²) < 4.78 is 2.41. The minimum atomic E-state index is 0.551. The van der Waals surface area contributed by atoms with Gasteiger partial charge in [-0.1, -0.05) is 11.6 Å². The molecule has 2 aromatic heterocycles. The molecule has 0 radical (unpaired) electrons. The Morgan fingerprint density at radius 3 is 2.88 bits per heavy atom. The van der Waals surface area contributed by atoms with Gasteiger partial charge in [-0.15, -0.1) is 0 Å². The molecule has 2 aliphatic rings. The first kappa shape index (κ1) is 16.1. The highest BCUT2D eigenvalue weighted by atomic mass is 35.5. The lowest BCUT2D eigenvalue weighted by Gasteiger charge is -2.30. The highest BCUT2D eigenvalue weighted by Gasteiger charge is 2.35. The van der Waals surface area contributed by atoms with Crippen molar-refractivity contribution in [1.29, 1.82) is 0 Å². The van der Waals surface area contributed by atoms with Gasteiger partial charge in [-0.25, -0.2) is 0 Å². The zero-order chi connectivity index (χ0) is 17.7. The van der Waals surface area contributed by atoms with E-state index in [0.717, 1.165) is 18.0 Å². The van der Waals surface area contributed by atoms with Gasteiger partial charge < -0.3 is 4.57 Å². The second-order valence-corrected chi connectivity index (χ2v) is 7.82. The predicted octanol–water partition coefficient (Wildman–Crippen LogP) is 5.40. The zero-order valence-electron chi connectivity index (χ0n) is 15.0. The number of allylic oxidation sites excluding steroid dienone is 1. The minimum Gasteiger partial charge on any atom is -0.320 e. The monoisotopic (exact) mass is 363 g/mol. The number of benzene rings is 1. The van der Waals surface area contributed by atoms with Crippen LogP contribution in [0.3, 0.4) is 0 Å². The van der Waals surface area contributed by atoms with Crippen molar-refractivity contribution < 1.29 is 0 Å². The molecule has 0 aliphatic carbocycles. The van der Waals surface area contributed by atoms with Crippen molar-refractivity contribution in [1.82, 2.24) is 14.5 Å². The maximum Gasteiger partial charge on any atom is 0.0529 e. The van der Waals surface area contributed by atoms with Gasteiger partial charge in [0.05, 0.1) is 5.52 Å². The summed E-state index contributed by atoms with van der Waals surface area (Å²) in [6, 6.07) is 11.0. The van der Waals surface area contributed by atoms with Crippen molar-refractivity contribution in [3.05, 3.63) is 64.6 Å². The average Bonchev–Trinajstić information content (AvgIpc) is 3.25. The fourth-order valence-corrected chi connectivity index (χ4v) is 4.86. The van der Waals surface area contributed by atoms with Crippen LogP contribution in [0.5, 0.6) is 0 Å². The number of rotatable bonds is 2. The molecule has 1 saturated heterocycles. The summed E-state index contributed by atoms with van der Waals surface area (Å²) in [5.74, 6) is 0. The van der Waals surface area contributed by atoms with Crippen LogP contribution in [0.4, 0.5) is 0 Å². The van der Waals surface area contributed by atoms with Gasteiger partial charge in [0.1, 0.15) is 0 Å². The summed E-state index contributed by atoms with van der Waals surface area (Å²) in [5, 5.41) is 2.14. The van der Waals surface area contributed by atoms with Crippen LogP contribution in [0, 0.1) is 0 Å². The van der Waals surface area contributed by atoms with Gasteiger partial charge >= 0.3 is 0 Å². The van der Waals surface area contributed by atoms with Crippen molar-refractivity contribution in [2.45, 2.75) is 32.2 Å². The lowest BCUT2D eigenvalue weighted by atomic mass is 9.96. The second-order valence-electron chi connectivity index (χ2n) is 7.38. The molecule has 0 bridgehead atoms. The van der Waals surface area contributed by atoms with E-state index < -0.39 is 0 Å². The Kier molecular flexibility index (Phi) is 3.87. The molecule has 0 N–H and O–H groups in total. The average molecular weight is 364 g/mol. The molecule has 1 fully saturated rings. The Morgan fingerprint density at radius 1 is 1.19 bits per heavy atom. The molecule has 1 aromatic carbocycles. The maximum atomic E-state index is 6.37. The van der Waals surface area contributed by atoms with E-state index in [0.29, 0.717) is 6.04 Å². The van der Waals surface area contributed by atoms with E-state index in [-0.39, 0.29) is 0 Å². The first-order valence-electron chi connectivity index (χ1n) is 9.37. The van der Waals surface area contributed by atoms with Gasteiger partial charge in [0.25, 0.3) is 0 Å². The quantitative estimate of drug-likeness (QED) is 0.607. The molecule has 0 amide bonds. The number of aromatic nitrogens is 2. The lowest BCUT2D eigenvalue weighted by molar-refractivity contribution is 0.243. The lowest BCUT2D eigenvalue weighted by Crippen LogP contribution is -2.31. The van der Waals surface area contributed by atoms with Crippen LogP contribution < -0.4 is 0 Å². The van der Waals surface area contributed by atoms with E-state index in [4.69, 9.17) is 11.6 Å². The number of nitrogens with zero attached hydrogens (tertiary/aromatic N) is 3. The van der Waals surface area contributed by atoms with E-state index in [1.807, 2.05) is 18.5 Å². The van der Waals surface area contributed by atoms with E-state index >= 15 is 0 Å². The van der Waals surface area contributed by atoms with Crippen LogP contribution >= 0.6 is 11.6 Å². The molecule has 3 nitrogen and oxygen atoms in total. The van der Waals surface area contributed by atoms with Crippen LogP contribution in [-0.2, 0) is 6.42 Å². The SMILES string of the molecule is C/C(=C\n1c2c(c3cc(Cl)ccc31)C1CCCN1CC2)c1ccncc1. The molecule has 4 heteroatoms. The summed E-state index contributed by atoms with van der Waals surface area (Å²) in [7, 11) is 0. The number of halogens is 1. The van der Waals surface area contributed by atoms with Gasteiger partial charge in [0.2, 0.25) is 0 Å². The van der Waals surface area contributed by atoms with Crippen LogP contribution in [0.25, 0.3) is 22.7 Å². The van der Waals surface area contributed by atoms with Crippen LogP contribution in [0.2, 0.25) is 5.02 Å². The van der Waals surface area contributed by atoms with E-state index in [1.165, 1.54) is 52.7 Å². The Bertz CT molecular complexity index is 1000. The molecule has 1 unspecified atom stereocenters. The van der Waals surface area contributed by atoms with Crippen LogP contribution in [0.15, 0.2) is 42.7 Å². The predicted molar refractivity (Wildman–Crippen MR) is 108 cm³/mol. The third-order valence-electron chi connectivity index (χ3n) is 5.90. The third kappa shape index (κ3) is 2.50. The highest BCUT2D eigenvalue weighted by molar-refractivity contribution is 6.31. The summed E-state index contributed by atoms with van der Waals surface area (Å²) in [6.07, 6.45) is 9.64. The van der Waals surface area contributed by atoms with Gasteiger partial charge in [-0.05, 0) is 73.3 Å². The van der Waals surface area contributed by atoms with Crippen molar-refractivity contribution in [3.8, 4) is 0 Å². The van der Waals surface area contributed by atoms with Gasteiger partial charge in [0, 0.05) is 53.7 Å². The molecular formula is C22H22ClN3. The molecule has 3 aromatic rings. The van der Waals surface area contributed by atoms with E-state index in [2.05, 4.69) is 51.8 Å². The van der Waals surface area contributed by atoms with Crippen molar-refractivity contribution >= 4 is 34.3 Å². The fourth-order valence-electron chi connectivity index (χ4n) is 4.69. The molecule has 2 aliphatic heterocycles. The van der Waals surface area contributed by atoms with Crippen molar-refractivity contribution in [3.63, 3.8) is 0 Å². The molecule has 0 saturated carbocycles. The Labute approximate surface area is 158 Å². The fraction of sp³-hybridized carbons (Fsp3) is 0.318. The first-order valence-corrected chi connectivity index (χ1v) is 9.75. The second kappa shape index (κ2) is 6.26. The largest absolute Gasteiger partial charge is 0.320 e. The number of fused-ring (bicyclic) bond motifs is 5. The van der Waals surface area contributed by atoms with E-state index in [1.54, 1.807) is 0 Å². The molecule has 0 spiro atoms. The topological polar surface area (TPSA) is 21.1 Å². The first-order chi connectivity index (χ1) is 12.7. The molecule has 5 rings (SSSR count). The smallest absolute Gasteiger partial charge is 0.0529 e. The molecule has 132 valence electrons. The van der Waals surface area contributed by atoms with Crippen LogP contribution in [0.1, 0.15) is 42.6 Å². The Hall–Kier alpha value is -2.10. The van der Waals surface area contributed by atoms with E-state index in [9.17, 15) is 0 Å². The summed E-state index contributed by atoms with van der Waals surface area (Å²) >= 11 is 6.37. The van der Waals surface area contributed by atoms with Crippen molar-refractivity contribution in [2.24, 2.45) is 0 Å². The maximum absolute atomic E-state index is 6.37. The minimum absolute atomic E-state index is 0.551. The summed E-state index contributed by atoms with van der Waals surface area (Å²) in [6.45, 7) is 4.56. The molecule has 26 heavy (non-hydrogen) atoms. The van der Waals surface area contributed by atoms with Gasteiger partial charge in [-0.2, -0.15) is 0 Å². The third-order valence-corrected chi connectivity index (χ3v) is 6.14. The van der Waals surface area contributed by atoms with Gasteiger partial charge in [-0.3, -0.25) is 9.88 Å². The van der Waals surface area contributed by atoms with Gasteiger partial charge in [0.15, 0.2) is 0 Å².